The molecule has 0 unspecified atom stereocenters. The number of carbonyl (C=O) groups excluding carboxylic acids is 2. The molecule has 0 spiro atoms. The van der Waals surface area contributed by atoms with Gasteiger partial charge in [-0.1, -0.05) is 12.1 Å². The number of amides is 2. The smallest absolute Gasteiger partial charge is 0.221 e. The lowest BCUT2D eigenvalue weighted by atomic mass is 10.1. The van der Waals surface area contributed by atoms with Gasteiger partial charge in [0.25, 0.3) is 0 Å². The first kappa shape index (κ1) is 18.6. The van der Waals surface area contributed by atoms with Crippen molar-refractivity contribution in [3.63, 3.8) is 0 Å². The van der Waals surface area contributed by atoms with Crippen LogP contribution in [-0.2, 0) is 22.6 Å². The van der Waals surface area contributed by atoms with Crippen LogP contribution in [0.25, 0.3) is 0 Å². The summed E-state index contributed by atoms with van der Waals surface area (Å²) in [5.41, 5.74) is 1.10. The summed E-state index contributed by atoms with van der Waals surface area (Å²) in [6, 6.07) is 11.3. The Balaban J connectivity index is 1.72. The van der Waals surface area contributed by atoms with E-state index in [0.29, 0.717) is 25.4 Å². The summed E-state index contributed by atoms with van der Waals surface area (Å²) in [5, 5.41) is 2.88. The lowest BCUT2D eigenvalue weighted by Crippen LogP contribution is -2.34. The van der Waals surface area contributed by atoms with Crippen LogP contribution in [0.3, 0.4) is 0 Å². The van der Waals surface area contributed by atoms with Gasteiger partial charge in [0.2, 0.25) is 11.8 Å². The number of hydrogen-bond donors (Lipinski definition) is 1. The number of nitrogens with zero attached hydrogens (tertiary/aromatic N) is 1. The molecule has 0 aliphatic heterocycles. The SMILES string of the molecule is COc1cccc(CCNC(=O)CCN(Cc2ccco2)C(C)=O)c1. The topological polar surface area (TPSA) is 71.8 Å². The van der Waals surface area contributed by atoms with Crippen molar-refractivity contribution in [2.45, 2.75) is 26.3 Å². The largest absolute Gasteiger partial charge is 0.497 e. The molecule has 2 rings (SSSR count). The van der Waals surface area contributed by atoms with Crippen molar-refractivity contribution in [2.24, 2.45) is 0 Å². The summed E-state index contributed by atoms with van der Waals surface area (Å²) in [5.74, 6) is 1.35. The van der Waals surface area contributed by atoms with Crippen LogP contribution < -0.4 is 10.1 Å². The van der Waals surface area contributed by atoms with E-state index in [1.165, 1.54) is 6.92 Å². The van der Waals surface area contributed by atoms with E-state index in [9.17, 15) is 9.59 Å². The molecule has 1 heterocycles. The molecule has 0 fully saturated rings. The van der Waals surface area contributed by atoms with Crippen LogP contribution in [0.1, 0.15) is 24.7 Å². The molecule has 1 aromatic carbocycles. The molecule has 2 amide bonds. The van der Waals surface area contributed by atoms with Gasteiger partial charge in [0.15, 0.2) is 0 Å². The van der Waals surface area contributed by atoms with Crippen LogP contribution in [0.2, 0.25) is 0 Å². The number of rotatable bonds is 9. The van der Waals surface area contributed by atoms with Gasteiger partial charge in [-0.3, -0.25) is 9.59 Å². The number of furan rings is 1. The predicted molar refractivity (Wildman–Crippen MR) is 94.1 cm³/mol. The molecule has 134 valence electrons. The molecular weight excluding hydrogens is 320 g/mol. The summed E-state index contributed by atoms with van der Waals surface area (Å²) in [4.78, 5) is 25.3. The molecule has 0 saturated heterocycles. The second kappa shape index (κ2) is 9.52. The fraction of sp³-hybridized carbons (Fsp3) is 0.368. The maximum absolute atomic E-state index is 12.0. The predicted octanol–water partition coefficient (Wildman–Crippen LogP) is 2.39. The highest BCUT2D eigenvalue weighted by molar-refractivity contribution is 5.78. The normalized spacial score (nSPS) is 10.3. The van der Waals surface area contributed by atoms with Crippen molar-refractivity contribution in [2.75, 3.05) is 20.2 Å². The lowest BCUT2D eigenvalue weighted by molar-refractivity contribution is -0.130. The Morgan fingerprint density at radius 1 is 1.24 bits per heavy atom. The highest BCUT2D eigenvalue weighted by Gasteiger charge is 2.13. The van der Waals surface area contributed by atoms with Crippen LogP contribution in [0.4, 0.5) is 0 Å². The third kappa shape index (κ3) is 6.33. The lowest BCUT2D eigenvalue weighted by Gasteiger charge is -2.19. The van der Waals surface area contributed by atoms with Gasteiger partial charge in [0.1, 0.15) is 11.5 Å². The Morgan fingerprint density at radius 3 is 2.76 bits per heavy atom. The van der Waals surface area contributed by atoms with Crippen LogP contribution in [-0.4, -0.2) is 36.9 Å². The van der Waals surface area contributed by atoms with Gasteiger partial charge < -0.3 is 19.4 Å². The molecule has 0 radical (unpaired) electrons. The van der Waals surface area contributed by atoms with Gasteiger partial charge in [0, 0.05) is 26.4 Å². The molecule has 0 bridgehead atoms. The zero-order valence-corrected chi connectivity index (χ0v) is 14.7. The molecule has 6 heteroatoms. The fourth-order valence-corrected chi connectivity index (χ4v) is 2.44. The first-order chi connectivity index (χ1) is 12.1. The van der Waals surface area contributed by atoms with E-state index in [1.807, 2.05) is 30.3 Å². The summed E-state index contributed by atoms with van der Waals surface area (Å²) in [6.07, 6.45) is 2.56. The van der Waals surface area contributed by atoms with Crippen LogP contribution in [0.15, 0.2) is 47.1 Å². The van der Waals surface area contributed by atoms with E-state index in [-0.39, 0.29) is 18.2 Å². The minimum atomic E-state index is -0.0828. The molecule has 1 N–H and O–H groups in total. The Kier molecular flexibility index (Phi) is 7.07. The van der Waals surface area contributed by atoms with E-state index >= 15 is 0 Å². The van der Waals surface area contributed by atoms with Gasteiger partial charge >= 0.3 is 0 Å². The average Bonchev–Trinajstić information content (AvgIpc) is 3.11. The Labute approximate surface area is 147 Å². The van der Waals surface area contributed by atoms with Gasteiger partial charge in [-0.25, -0.2) is 0 Å². The minimum Gasteiger partial charge on any atom is -0.497 e. The quantitative estimate of drug-likeness (QED) is 0.758. The highest BCUT2D eigenvalue weighted by Crippen LogP contribution is 2.12. The fourth-order valence-electron chi connectivity index (χ4n) is 2.44. The van der Waals surface area contributed by atoms with Crippen molar-refractivity contribution in [1.82, 2.24) is 10.2 Å². The van der Waals surface area contributed by atoms with E-state index in [1.54, 1.807) is 24.3 Å². The van der Waals surface area contributed by atoms with E-state index in [0.717, 1.165) is 17.7 Å². The maximum Gasteiger partial charge on any atom is 0.221 e. The second-order valence-corrected chi connectivity index (χ2v) is 5.72. The number of ether oxygens (including phenoxy) is 1. The molecule has 0 aliphatic carbocycles. The maximum atomic E-state index is 12.0. The van der Waals surface area contributed by atoms with E-state index < -0.39 is 0 Å². The van der Waals surface area contributed by atoms with Gasteiger partial charge in [-0.05, 0) is 36.2 Å². The van der Waals surface area contributed by atoms with Crippen molar-refractivity contribution in [3.05, 3.63) is 54.0 Å². The Hall–Kier alpha value is -2.76. The van der Waals surface area contributed by atoms with Crippen molar-refractivity contribution < 1.29 is 18.7 Å². The van der Waals surface area contributed by atoms with Crippen LogP contribution >= 0.6 is 0 Å². The van der Waals surface area contributed by atoms with Crippen molar-refractivity contribution >= 4 is 11.8 Å². The van der Waals surface area contributed by atoms with E-state index in [2.05, 4.69) is 5.32 Å². The Bertz CT molecular complexity index is 682. The summed E-state index contributed by atoms with van der Waals surface area (Å²) < 4.78 is 10.4. The van der Waals surface area contributed by atoms with Gasteiger partial charge in [-0.2, -0.15) is 0 Å². The number of carbonyl (C=O) groups is 2. The van der Waals surface area contributed by atoms with Crippen LogP contribution in [0, 0.1) is 0 Å². The summed E-state index contributed by atoms with van der Waals surface area (Å²) in [7, 11) is 1.63. The number of hydrogen-bond acceptors (Lipinski definition) is 4. The Morgan fingerprint density at radius 2 is 2.08 bits per heavy atom. The summed E-state index contributed by atoms with van der Waals surface area (Å²) in [6.45, 7) is 2.77. The number of benzene rings is 1. The zero-order chi connectivity index (χ0) is 18.1. The molecule has 0 atom stereocenters. The molecular formula is C19H24N2O4. The number of methoxy groups -OCH3 is 1. The summed E-state index contributed by atoms with van der Waals surface area (Å²) >= 11 is 0. The first-order valence-corrected chi connectivity index (χ1v) is 8.26. The molecule has 25 heavy (non-hydrogen) atoms. The molecule has 2 aromatic rings. The monoisotopic (exact) mass is 344 g/mol. The van der Waals surface area contributed by atoms with Gasteiger partial charge in [0.05, 0.1) is 19.9 Å². The zero-order valence-electron chi connectivity index (χ0n) is 14.7. The highest BCUT2D eigenvalue weighted by atomic mass is 16.5. The molecule has 6 nitrogen and oxygen atoms in total. The van der Waals surface area contributed by atoms with Crippen molar-refractivity contribution in [1.29, 1.82) is 0 Å². The third-order valence-electron chi connectivity index (χ3n) is 3.85. The number of nitrogens with one attached hydrogen (secondary N) is 1. The molecule has 0 saturated carbocycles. The average molecular weight is 344 g/mol. The first-order valence-electron chi connectivity index (χ1n) is 8.26. The molecule has 0 aliphatic rings. The minimum absolute atomic E-state index is 0.0754. The van der Waals surface area contributed by atoms with Crippen molar-refractivity contribution in [3.8, 4) is 5.75 Å². The van der Waals surface area contributed by atoms with Crippen LogP contribution in [0.5, 0.6) is 5.75 Å². The van der Waals surface area contributed by atoms with E-state index in [4.69, 9.17) is 9.15 Å². The molecule has 1 aromatic heterocycles. The third-order valence-corrected chi connectivity index (χ3v) is 3.85. The standard InChI is InChI=1S/C19H24N2O4/c1-15(22)21(14-18-7-4-12-25-18)11-9-19(23)20-10-8-16-5-3-6-17(13-16)24-2/h3-7,12-13H,8-11,14H2,1-2H3,(H,20,23). The second-order valence-electron chi connectivity index (χ2n) is 5.72. The van der Waals surface area contributed by atoms with Gasteiger partial charge in [-0.15, -0.1) is 0 Å².